The van der Waals surface area contributed by atoms with Gasteiger partial charge in [-0.05, 0) is 30.3 Å². The lowest BCUT2D eigenvalue weighted by Gasteiger charge is -2.37. The zero-order chi connectivity index (χ0) is 9.73. The third-order valence-electron chi connectivity index (χ3n) is 2.56. The summed E-state index contributed by atoms with van der Waals surface area (Å²) in [4.78, 5) is 5.14. The normalized spacial score (nSPS) is 22.3. The van der Waals surface area contributed by atoms with E-state index in [1.54, 1.807) is 0 Å². The molecule has 1 aliphatic rings. The van der Waals surface area contributed by atoms with Gasteiger partial charge in [-0.25, -0.2) is 0 Å². The molecule has 1 rings (SSSR count). The summed E-state index contributed by atoms with van der Waals surface area (Å²) in [5.74, 6) is 0. The Bertz CT molecular complexity index is 206. The van der Waals surface area contributed by atoms with Crippen LogP contribution in [0.25, 0.3) is 10.4 Å². The van der Waals surface area contributed by atoms with Crippen LogP contribution in [0.3, 0.4) is 0 Å². The standard InChI is InChI=1S/C9H18N4/c1-9(2)4-3-6-13(8-9)7-5-11-12-10/h3-8H2,1-2H3. The quantitative estimate of drug-likeness (QED) is 0.375. The van der Waals surface area contributed by atoms with E-state index in [1.165, 1.54) is 12.8 Å². The Labute approximate surface area is 79.5 Å². The Morgan fingerprint density at radius 3 is 2.92 bits per heavy atom. The van der Waals surface area contributed by atoms with Gasteiger partial charge in [0.05, 0.1) is 0 Å². The molecule has 0 saturated carbocycles. The van der Waals surface area contributed by atoms with Gasteiger partial charge in [0.1, 0.15) is 0 Å². The first-order valence-electron chi connectivity index (χ1n) is 4.87. The number of nitrogens with zero attached hydrogens (tertiary/aromatic N) is 4. The molecule has 0 aromatic rings. The van der Waals surface area contributed by atoms with E-state index in [0.29, 0.717) is 12.0 Å². The van der Waals surface area contributed by atoms with Gasteiger partial charge in [-0.2, -0.15) is 0 Å². The van der Waals surface area contributed by atoms with Gasteiger partial charge in [0.2, 0.25) is 0 Å². The first kappa shape index (κ1) is 10.4. The Kier molecular flexibility index (Phi) is 3.58. The number of likely N-dealkylation sites (tertiary alicyclic amines) is 1. The minimum Gasteiger partial charge on any atom is -0.303 e. The van der Waals surface area contributed by atoms with Crippen LogP contribution in [0.15, 0.2) is 5.11 Å². The molecule has 0 aromatic carbocycles. The van der Waals surface area contributed by atoms with Crippen molar-refractivity contribution in [2.24, 2.45) is 10.5 Å². The second-order valence-corrected chi connectivity index (χ2v) is 4.50. The van der Waals surface area contributed by atoms with E-state index in [0.717, 1.165) is 19.6 Å². The maximum absolute atomic E-state index is 8.14. The van der Waals surface area contributed by atoms with Crippen molar-refractivity contribution in [1.82, 2.24) is 4.90 Å². The summed E-state index contributed by atoms with van der Waals surface area (Å²) in [5, 5.41) is 3.55. The molecule has 4 heteroatoms. The van der Waals surface area contributed by atoms with Crippen LogP contribution < -0.4 is 0 Å². The molecule has 0 N–H and O–H groups in total. The summed E-state index contributed by atoms with van der Waals surface area (Å²) in [6, 6.07) is 0. The van der Waals surface area contributed by atoms with Crippen molar-refractivity contribution in [2.45, 2.75) is 26.7 Å². The maximum Gasteiger partial charge on any atom is 0.0385 e. The lowest BCUT2D eigenvalue weighted by Crippen LogP contribution is -2.41. The van der Waals surface area contributed by atoms with E-state index < -0.39 is 0 Å². The first-order valence-corrected chi connectivity index (χ1v) is 4.87. The molecule has 1 heterocycles. The second kappa shape index (κ2) is 4.49. The molecule has 1 saturated heterocycles. The predicted molar refractivity (Wildman–Crippen MR) is 53.5 cm³/mol. The molecule has 13 heavy (non-hydrogen) atoms. The van der Waals surface area contributed by atoms with E-state index in [2.05, 4.69) is 28.8 Å². The van der Waals surface area contributed by atoms with Crippen LogP contribution in [0.4, 0.5) is 0 Å². The zero-order valence-corrected chi connectivity index (χ0v) is 8.53. The van der Waals surface area contributed by atoms with Gasteiger partial charge in [0, 0.05) is 24.5 Å². The van der Waals surface area contributed by atoms with Crippen LogP contribution in [0.2, 0.25) is 0 Å². The van der Waals surface area contributed by atoms with Crippen LogP contribution in [-0.2, 0) is 0 Å². The molecular formula is C9H18N4. The smallest absolute Gasteiger partial charge is 0.0385 e. The lowest BCUT2D eigenvalue weighted by atomic mass is 9.84. The Morgan fingerprint density at radius 2 is 2.31 bits per heavy atom. The van der Waals surface area contributed by atoms with Gasteiger partial charge in [0.25, 0.3) is 0 Å². The summed E-state index contributed by atoms with van der Waals surface area (Å²) in [5.41, 5.74) is 8.58. The minimum absolute atomic E-state index is 0.439. The van der Waals surface area contributed by atoms with Crippen molar-refractivity contribution in [3.8, 4) is 0 Å². The van der Waals surface area contributed by atoms with E-state index in [9.17, 15) is 0 Å². The highest BCUT2D eigenvalue weighted by atomic mass is 15.2. The summed E-state index contributed by atoms with van der Waals surface area (Å²) in [6.45, 7) is 8.40. The fourth-order valence-corrected chi connectivity index (χ4v) is 1.97. The van der Waals surface area contributed by atoms with Gasteiger partial charge in [-0.15, -0.1) is 0 Å². The number of piperidine rings is 1. The molecule has 0 unspecified atom stereocenters. The number of hydrogen-bond donors (Lipinski definition) is 0. The third kappa shape index (κ3) is 3.66. The van der Waals surface area contributed by atoms with Crippen LogP contribution >= 0.6 is 0 Å². The molecule has 0 atom stereocenters. The Hall–Kier alpha value is -0.730. The van der Waals surface area contributed by atoms with E-state index >= 15 is 0 Å². The molecule has 0 spiro atoms. The molecular weight excluding hydrogens is 164 g/mol. The predicted octanol–water partition coefficient (Wildman–Crippen LogP) is 2.42. The van der Waals surface area contributed by atoms with Crippen LogP contribution in [0, 0.1) is 5.41 Å². The largest absolute Gasteiger partial charge is 0.303 e. The van der Waals surface area contributed by atoms with Gasteiger partial charge in [-0.1, -0.05) is 19.0 Å². The van der Waals surface area contributed by atoms with Crippen molar-refractivity contribution in [2.75, 3.05) is 26.2 Å². The summed E-state index contributed by atoms with van der Waals surface area (Å²) < 4.78 is 0. The second-order valence-electron chi connectivity index (χ2n) is 4.50. The molecule has 0 bridgehead atoms. The Balaban J connectivity index is 2.30. The molecule has 74 valence electrons. The van der Waals surface area contributed by atoms with Crippen molar-refractivity contribution in [3.63, 3.8) is 0 Å². The SMILES string of the molecule is CC1(C)CCCN(CCN=[N+]=[N-])C1. The molecule has 0 aromatic heterocycles. The average molecular weight is 182 g/mol. The van der Waals surface area contributed by atoms with Gasteiger partial charge < -0.3 is 4.90 Å². The average Bonchev–Trinajstić information content (AvgIpc) is 2.03. The van der Waals surface area contributed by atoms with Crippen molar-refractivity contribution in [3.05, 3.63) is 10.4 Å². The molecule has 0 aliphatic carbocycles. The number of hydrogen-bond acceptors (Lipinski definition) is 2. The fourth-order valence-electron chi connectivity index (χ4n) is 1.97. The van der Waals surface area contributed by atoms with Crippen molar-refractivity contribution >= 4 is 0 Å². The Morgan fingerprint density at radius 1 is 1.54 bits per heavy atom. The van der Waals surface area contributed by atoms with Gasteiger partial charge in [-0.3, -0.25) is 0 Å². The van der Waals surface area contributed by atoms with Crippen LogP contribution in [-0.4, -0.2) is 31.1 Å². The maximum atomic E-state index is 8.14. The van der Waals surface area contributed by atoms with E-state index in [-0.39, 0.29) is 0 Å². The van der Waals surface area contributed by atoms with E-state index in [1.807, 2.05) is 0 Å². The monoisotopic (exact) mass is 182 g/mol. The summed E-state index contributed by atoms with van der Waals surface area (Å²) in [6.07, 6.45) is 2.58. The van der Waals surface area contributed by atoms with E-state index in [4.69, 9.17) is 5.53 Å². The molecule has 0 radical (unpaired) electrons. The van der Waals surface area contributed by atoms with Crippen molar-refractivity contribution < 1.29 is 0 Å². The zero-order valence-electron chi connectivity index (χ0n) is 8.53. The topological polar surface area (TPSA) is 52.0 Å². The lowest BCUT2D eigenvalue weighted by molar-refractivity contribution is 0.121. The molecule has 4 nitrogen and oxygen atoms in total. The summed E-state index contributed by atoms with van der Waals surface area (Å²) >= 11 is 0. The fraction of sp³-hybridized carbons (Fsp3) is 1.00. The summed E-state index contributed by atoms with van der Waals surface area (Å²) in [7, 11) is 0. The van der Waals surface area contributed by atoms with Gasteiger partial charge >= 0.3 is 0 Å². The first-order chi connectivity index (χ1) is 6.14. The highest BCUT2D eigenvalue weighted by Crippen LogP contribution is 2.27. The third-order valence-corrected chi connectivity index (χ3v) is 2.56. The highest BCUT2D eigenvalue weighted by molar-refractivity contribution is 4.79. The van der Waals surface area contributed by atoms with Crippen LogP contribution in [0.5, 0.6) is 0 Å². The highest BCUT2D eigenvalue weighted by Gasteiger charge is 2.25. The molecule has 0 amide bonds. The van der Waals surface area contributed by atoms with Gasteiger partial charge in [0.15, 0.2) is 0 Å². The van der Waals surface area contributed by atoms with Crippen LogP contribution in [0.1, 0.15) is 26.7 Å². The molecule has 1 fully saturated rings. The van der Waals surface area contributed by atoms with Crippen molar-refractivity contribution in [1.29, 1.82) is 0 Å². The number of rotatable bonds is 3. The molecule has 1 aliphatic heterocycles. The number of azide groups is 1. The minimum atomic E-state index is 0.439.